The van der Waals surface area contributed by atoms with Crippen LogP contribution < -0.4 is 0 Å². The van der Waals surface area contributed by atoms with Crippen molar-refractivity contribution in [1.29, 1.82) is 0 Å². The van der Waals surface area contributed by atoms with Gasteiger partial charge in [-0.1, -0.05) is 0 Å². The van der Waals surface area contributed by atoms with E-state index in [0.717, 1.165) is 0 Å². The average molecular weight is 188 g/mol. The topological polar surface area (TPSA) is 52.6 Å². The fourth-order valence-electron chi connectivity index (χ4n) is 0.906. The Morgan fingerprint density at radius 2 is 1.69 bits per heavy atom. The van der Waals surface area contributed by atoms with Gasteiger partial charge in [0.1, 0.15) is 11.5 Å². The molecule has 0 N–H and O–H groups in total. The maximum absolute atomic E-state index is 11.6. The summed E-state index contributed by atoms with van der Waals surface area (Å²) in [6.45, 7) is 4.75. The Kier molecular flexibility index (Phi) is 4.07. The summed E-state index contributed by atoms with van der Waals surface area (Å²) in [6, 6.07) is 0. The van der Waals surface area contributed by atoms with E-state index >= 15 is 0 Å². The van der Waals surface area contributed by atoms with Crippen LogP contribution >= 0.6 is 0 Å². The van der Waals surface area contributed by atoms with Gasteiger partial charge in [0.25, 0.3) is 0 Å². The highest BCUT2D eigenvalue weighted by Gasteiger charge is 2.35. The maximum atomic E-state index is 11.6. The van der Waals surface area contributed by atoms with Crippen molar-refractivity contribution in [1.82, 2.24) is 0 Å². The summed E-state index contributed by atoms with van der Waals surface area (Å²) < 4.78 is 9.42. The third kappa shape index (κ3) is 2.81. The number of carbonyl (C=O) groups excluding carboxylic acids is 2. The highest BCUT2D eigenvalue weighted by atomic mass is 16.5. The lowest BCUT2D eigenvalue weighted by molar-refractivity contribution is -0.155. The third-order valence-corrected chi connectivity index (χ3v) is 2.05. The normalized spacial score (nSPS) is 13.6. The van der Waals surface area contributed by atoms with Crippen molar-refractivity contribution in [3.8, 4) is 0 Å². The molecule has 76 valence electrons. The van der Waals surface area contributed by atoms with Gasteiger partial charge >= 0.3 is 5.97 Å². The molecule has 13 heavy (non-hydrogen) atoms. The number of Topliss-reactive ketones (excluding diaryl/α,β-unsaturated/α-hetero) is 1. The molecule has 0 aromatic carbocycles. The molecule has 0 aliphatic rings. The molecule has 0 fully saturated rings. The molecule has 0 aliphatic carbocycles. The first kappa shape index (κ1) is 12.1. The SMILES string of the molecule is COC(=O)C(C)C(=O)C(C)(C)OC. The van der Waals surface area contributed by atoms with Crippen LogP contribution in [0.2, 0.25) is 0 Å². The molecule has 0 rings (SSSR count). The molecule has 1 unspecified atom stereocenters. The van der Waals surface area contributed by atoms with Gasteiger partial charge in [-0.2, -0.15) is 0 Å². The average Bonchev–Trinajstić information content (AvgIpc) is 2.14. The molecule has 4 heteroatoms. The van der Waals surface area contributed by atoms with Gasteiger partial charge < -0.3 is 9.47 Å². The van der Waals surface area contributed by atoms with E-state index < -0.39 is 17.5 Å². The molecule has 0 heterocycles. The van der Waals surface area contributed by atoms with Crippen LogP contribution in [0, 0.1) is 5.92 Å². The van der Waals surface area contributed by atoms with Gasteiger partial charge in [-0.25, -0.2) is 0 Å². The molecule has 0 aromatic heterocycles. The predicted molar refractivity (Wildman–Crippen MR) is 47.3 cm³/mol. The van der Waals surface area contributed by atoms with Gasteiger partial charge in [0.05, 0.1) is 7.11 Å². The summed E-state index contributed by atoms with van der Waals surface area (Å²) in [5, 5.41) is 0. The van der Waals surface area contributed by atoms with E-state index in [1.807, 2.05) is 0 Å². The van der Waals surface area contributed by atoms with Gasteiger partial charge in [-0.05, 0) is 20.8 Å². The summed E-state index contributed by atoms with van der Waals surface area (Å²) in [5.74, 6) is -1.59. The van der Waals surface area contributed by atoms with Gasteiger partial charge in [-0.15, -0.1) is 0 Å². The number of hydrogen-bond donors (Lipinski definition) is 0. The summed E-state index contributed by atoms with van der Waals surface area (Å²) in [7, 11) is 2.69. The first-order chi connectivity index (χ1) is 5.86. The summed E-state index contributed by atoms with van der Waals surface area (Å²) in [6.07, 6.45) is 0. The van der Waals surface area contributed by atoms with Crippen LogP contribution in [0.1, 0.15) is 20.8 Å². The molecular weight excluding hydrogens is 172 g/mol. The Hall–Kier alpha value is -0.900. The second-order valence-corrected chi connectivity index (χ2v) is 3.32. The van der Waals surface area contributed by atoms with Crippen LogP contribution in [0.3, 0.4) is 0 Å². The second kappa shape index (κ2) is 4.37. The molecule has 0 saturated carbocycles. The number of rotatable bonds is 4. The lowest BCUT2D eigenvalue weighted by Gasteiger charge is -2.23. The monoisotopic (exact) mass is 188 g/mol. The fourth-order valence-corrected chi connectivity index (χ4v) is 0.906. The van der Waals surface area contributed by atoms with E-state index in [4.69, 9.17) is 4.74 Å². The second-order valence-electron chi connectivity index (χ2n) is 3.32. The Bertz CT molecular complexity index is 208. The van der Waals surface area contributed by atoms with Crippen molar-refractivity contribution in [2.24, 2.45) is 5.92 Å². The molecule has 0 aliphatic heterocycles. The Balaban J connectivity index is 4.52. The van der Waals surface area contributed by atoms with Crippen molar-refractivity contribution in [3.63, 3.8) is 0 Å². The van der Waals surface area contributed by atoms with E-state index in [0.29, 0.717) is 0 Å². The first-order valence-corrected chi connectivity index (χ1v) is 4.04. The van der Waals surface area contributed by atoms with Crippen LogP contribution in [0.25, 0.3) is 0 Å². The summed E-state index contributed by atoms with van der Waals surface area (Å²) in [5.41, 5.74) is -0.937. The summed E-state index contributed by atoms with van der Waals surface area (Å²) in [4.78, 5) is 22.6. The number of hydrogen-bond acceptors (Lipinski definition) is 4. The van der Waals surface area contributed by atoms with Gasteiger partial charge in [0.15, 0.2) is 5.78 Å². The van der Waals surface area contributed by atoms with Gasteiger partial charge in [0, 0.05) is 7.11 Å². The number of esters is 1. The fraction of sp³-hybridized carbons (Fsp3) is 0.778. The van der Waals surface area contributed by atoms with Crippen LogP contribution in [0.5, 0.6) is 0 Å². The largest absolute Gasteiger partial charge is 0.468 e. The molecule has 0 spiro atoms. The van der Waals surface area contributed by atoms with E-state index in [2.05, 4.69) is 4.74 Å². The zero-order chi connectivity index (χ0) is 10.6. The predicted octanol–water partition coefficient (Wildman–Crippen LogP) is 0.790. The molecule has 0 bridgehead atoms. The zero-order valence-corrected chi connectivity index (χ0v) is 8.71. The Labute approximate surface area is 78.2 Å². The number of methoxy groups -OCH3 is 2. The van der Waals surface area contributed by atoms with Crippen LogP contribution in [0.15, 0.2) is 0 Å². The quantitative estimate of drug-likeness (QED) is 0.483. The van der Waals surface area contributed by atoms with E-state index in [1.165, 1.54) is 21.1 Å². The minimum absolute atomic E-state index is 0.276. The van der Waals surface area contributed by atoms with Crippen LogP contribution in [-0.2, 0) is 19.1 Å². The third-order valence-electron chi connectivity index (χ3n) is 2.05. The summed E-state index contributed by atoms with van der Waals surface area (Å²) >= 11 is 0. The Morgan fingerprint density at radius 3 is 2.00 bits per heavy atom. The lowest BCUT2D eigenvalue weighted by Crippen LogP contribution is -2.40. The highest BCUT2D eigenvalue weighted by molar-refractivity contribution is 6.02. The number of ketones is 1. The molecule has 0 saturated heterocycles. The number of carbonyl (C=O) groups is 2. The van der Waals surface area contributed by atoms with Crippen molar-refractivity contribution in [3.05, 3.63) is 0 Å². The smallest absolute Gasteiger partial charge is 0.316 e. The van der Waals surface area contributed by atoms with Crippen molar-refractivity contribution < 1.29 is 19.1 Å². The molecular formula is C9H16O4. The highest BCUT2D eigenvalue weighted by Crippen LogP contribution is 2.16. The minimum atomic E-state index is -0.937. The van der Waals surface area contributed by atoms with Gasteiger partial charge in [0.2, 0.25) is 0 Å². The molecule has 0 radical (unpaired) electrons. The van der Waals surface area contributed by atoms with Gasteiger partial charge in [-0.3, -0.25) is 9.59 Å². The zero-order valence-electron chi connectivity index (χ0n) is 8.71. The van der Waals surface area contributed by atoms with Crippen LogP contribution in [0.4, 0.5) is 0 Å². The standard InChI is InChI=1S/C9H16O4/c1-6(8(11)12-4)7(10)9(2,3)13-5/h6H,1-5H3. The maximum Gasteiger partial charge on any atom is 0.316 e. The molecule has 1 atom stereocenters. The van der Waals surface area contributed by atoms with Crippen molar-refractivity contribution in [2.75, 3.05) is 14.2 Å². The first-order valence-electron chi connectivity index (χ1n) is 4.04. The van der Waals surface area contributed by atoms with Crippen molar-refractivity contribution in [2.45, 2.75) is 26.4 Å². The molecule has 0 amide bonds. The molecule has 4 nitrogen and oxygen atoms in total. The van der Waals surface area contributed by atoms with E-state index in [9.17, 15) is 9.59 Å². The Morgan fingerprint density at radius 1 is 1.23 bits per heavy atom. The van der Waals surface area contributed by atoms with Crippen LogP contribution in [-0.4, -0.2) is 31.6 Å². The van der Waals surface area contributed by atoms with Crippen molar-refractivity contribution >= 4 is 11.8 Å². The molecule has 0 aromatic rings. The lowest BCUT2D eigenvalue weighted by atomic mass is 9.93. The minimum Gasteiger partial charge on any atom is -0.468 e. The van der Waals surface area contributed by atoms with E-state index in [1.54, 1.807) is 13.8 Å². The number of ether oxygens (including phenoxy) is 2. The van der Waals surface area contributed by atoms with E-state index in [-0.39, 0.29) is 5.78 Å².